The van der Waals surface area contributed by atoms with E-state index in [9.17, 15) is 4.79 Å². The zero-order valence-electron chi connectivity index (χ0n) is 18.3. The van der Waals surface area contributed by atoms with E-state index in [0.717, 1.165) is 17.2 Å². The average molecular weight is 435 g/mol. The van der Waals surface area contributed by atoms with Crippen LogP contribution in [0.4, 0.5) is 5.82 Å². The van der Waals surface area contributed by atoms with Crippen LogP contribution in [0.1, 0.15) is 10.4 Å². The minimum Gasteiger partial charge on any atom is -0.493 e. The van der Waals surface area contributed by atoms with Gasteiger partial charge in [0, 0.05) is 37.9 Å². The van der Waals surface area contributed by atoms with Crippen LogP contribution in [-0.2, 0) is 0 Å². The Bertz CT molecular complexity index is 1040. The fraction of sp³-hybridized carbons (Fsp3) is 0.304. The van der Waals surface area contributed by atoms with E-state index in [0.29, 0.717) is 49.0 Å². The third-order valence-electron chi connectivity index (χ3n) is 5.38. The number of piperazine rings is 1. The van der Waals surface area contributed by atoms with E-state index in [4.69, 9.17) is 14.2 Å². The minimum atomic E-state index is -0.0829. The van der Waals surface area contributed by atoms with Crippen molar-refractivity contribution in [1.82, 2.24) is 20.1 Å². The van der Waals surface area contributed by atoms with Crippen LogP contribution in [0.25, 0.3) is 11.4 Å². The van der Waals surface area contributed by atoms with Crippen LogP contribution in [0.15, 0.2) is 48.7 Å². The van der Waals surface area contributed by atoms with Crippen LogP contribution in [-0.4, -0.2) is 73.5 Å². The monoisotopic (exact) mass is 435 g/mol. The van der Waals surface area contributed by atoms with Gasteiger partial charge in [-0.2, -0.15) is 0 Å². The van der Waals surface area contributed by atoms with E-state index in [1.54, 1.807) is 18.3 Å². The molecule has 9 nitrogen and oxygen atoms in total. The topological polar surface area (TPSA) is 89.9 Å². The van der Waals surface area contributed by atoms with E-state index in [1.807, 2.05) is 35.2 Å². The lowest BCUT2D eigenvalue weighted by atomic mass is 10.1. The van der Waals surface area contributed by atoms with E-state index in [-0.39, 0.29) is 5.91 Å². The Morgan fingerprint density at radius 3 is 2.09 bits per heavy atom. The second-order valence-corrected chi connectivity index (χ2v) is 7.19. The van der Waals surface area contributed by atoms with Gasteiger partial charge in [0.15, 0.2) is 17.3 Å². The Hall–Kier alpha value is -3.88. The minimum absolute atomic E-state index is 0.0829. The number of aromatic nitrogens is 3. The molecule has 0 N–H and O–H groups in total. The second kappa shape index (κ2) is 9.51. The lowest BCUT2D eigenvalue weighted by Gasteiger charge is -2.35. The molecule has 32 heavy (non-hydrogen) atoms. The molecule has 3 heterocycles. The molecule has 1 fully saturated rings. The number of carbonyl (C=O) groups excluding carboxylic acids is 1. The van der Waals surface area contributed by atoms with E-state index < -0.39 is 0 Å². The molecule has 0 aliphatic carbocycles. The van der Waals surface area contributed by atoms with Gasteiger partial charge in [0.1, 0.15) is 5.69 Å². The Labute approximate surface area is 186 Å². The summed E-state index contributed by atoms with van der Waals surface area (Å²) in [5.41, 5.74) is 2.00. The van der Waals surface area contributed by atoms with Crippen molar-refractivity contribution in [3.63, 3.8) is 0 Å². The summed E-state index contributed by atoms with van der Waals surface area (Å²) < 4.78 is 16.1. The molecule has 2 aromatic heterocycles. The molecule has 1 aromatic carbocycles. The van der Waals surface area contributed by atoms with Crippen molar-refractivity contribution in [3.05, 3.63) is 54.2 Å². The Balaban J connectivity index is 1.43. The highest BCUT2D eigenvalue weighted by atomic mass is 16.5. The van der Waals surface area contributed by atoms with E-state index in [2.05, 4.69) is 20.1 Å². The van der Waals surface area contributed by atoms with Crippen LogP contribution in [0.3, 0.4) is 0 Å². The maximum absolute atomic E-state index is 13.1. The lowest BCUT2D eigenvalue weighted by Crippen LogP contribution is -2.49. The van der Waals surface area contributed by atoms with Gasteiger partial charge in [-0.05, 0) is 36.4 Å². The maximum Gasteiger partial charge on any atom is 0.254 e. The van der Waals surface area contributed by atoms with Gasteiger partial charge in [-0.3, -0.25) is 9.78 Å². The normalized spacial score (nSPS) is 13.6. The summed E-state index contributed by atoms with van der Waals surface area (Å²) in [6.07, 6.45) is 1.73. The van der Waals surface area contributed by atoms with Crippen molar-refractivity contribution < 1.29 is 19.0 Å². The quantitative estimate of drug-likeness (QED) is 0.584. The number of anilines is 1. The Morgan fingerprint density at radius 1 is 0.844 bits per heavy atom. The van der Waals surface area contributed by atoms with Crippen molar-refractivity contribution in [2.45, 2.75) is 0 Å². The van der Waals surface area contributed by atoms with Crippen molar-refractivity contribution >= 4 is 11.7 Å². The number of carbonyl (C=O) groups is 1. The maximum atomic E-state index is 13.1. The molecule has 1 saturated heterocycles. The number of hydrogen-bond donors (Lipinski definition) is 0. The molecule has 9 heteroatoms. The predicted octanol–water partition coefficient (Wildman–Crippen LogP) is 2.53. The van der Waals surface area contributed by atoms with Gasteiger partial charge >= 0.3 is 0 Å². The van der Waals surface area contributed by atoms with Gasteiger partial charge in [0.2, 0.25) is 5.75 Å². The van der Waals surface area contributed by atoms with Gasteiger partial charge in [-0.15, -0.1) is 10.2 Å². The van der Waals surface area contributed by atoms with Crippen LogP contribution < -0.4 is 19.1 Å². The van der Waals surface area contributed by atoms with Gasteiger partial charge in [-0.1, -0.05) is 6.07 Å². The van der Waals surface area contributed by atoms with Gasteiger partial charge in [0.05, 0.1) is 27.0 Å². The number of methoxy groups -OCH3 is 3. The summed E-state index contributed by atoms with van der Waals surface area (Å²) in [6, 6.07) is 12.9. The smallest absolute Gasteiger partial charge is 0.254 e. The molecule has 0 bridgehead atoms. The van der Waals surface area contributed by atoms with Crippen molar-refractivity contribution in [2.75, 3.05) is 52.4 Å². The number of ether oxygens (including phenoxy) is 3. The molecule has 1 aliphatic rings. The molecule has 1 amide bonds. The first-order valence-electron chi connectivity index (χ1n) is 10.2. The number of benzene rings is 1. The molecule has 1 aliphatic heterocycles. The standard InChI is InChI=1S/C23H25N5O4/c1-30-19-14-16(15-20(31-2)22(19)32-3)23(29)28-12-10-27(11-13-28)21-8-7-18(25-26-21)17-6-4-5-9-24-17/h4-9,14-15H,10-13H2,1-3H3. The molecule has 0 radical (unpaired) electrons. The molecule has 0 unspecified atom stereocenters. The van der Waals surface area contributed by atoms with Crippen LogP contribution in [0, 0.1) is 0 Å². The first-order chi connectivity index (χ1) is 15.6. The number of amides is 1. The first-order valence-corrected chi connectivity index (χ1v) is 10.2. The van der Waals surface area contributed by atoms with Crippen LogP contribution in [0.5, 0.6) is 17.2 Å². The molecular weight excluding hydrogens is 410 g/mol. The fourth-order valence-electron chi connectivity index (χ4n) is 3.67. The van der Waals surface area contributed by atoms with Crippen molar-refractivity contribution in [2.24, 2.45) is 0 Å². The van der Waals surface area contributed by atoms with E-state index in [1.165, 1.54) is 21.3 Å². The fourth-order valence-corrected chi connectivity index (χ4v) is 3.67. The molecule has 0 saturated carbocycles. The molecule has 0 atom stereocenters. The molecule has 4 rings (SSSR count). The number of rotatable bonds is 6. The van der Waals surface area contributed by atoms with Gasteiger partial charge < -0.3 is 24.0 Å². The Kier molecular flexibility index (Phi) is 6.34. The van der Waals surface area contributed by atoms with Crippen molar-refractivity contribution in [1.29, 1.82) is 0 Å². The highest BCUT2D eigenvalue weighted by Gasteiger charge is 2.25. The summed E-state index contributed by atoms with van der Waals surface area (Å²) in [4.78, 5) is 21.3. The SMILES string of the molecule is COc1cc(C(=O)N2CCN(c3ccc(-c4ccccn4)nn3)CC2)cc(OC)c1OC. The predicted molar refractivity (Wildman–Crippen MR) is 119 cm³/mol. The number of nitrogens with zero attached hydrogens (tertiary/aromatic N) is 5. The second-order valence-electron chi connectivity index (χ2n) is 7.19. The first kappa shape index (κ1) is 21.4. The zero-order chi connectivity index (χ0) is 22.5. The number of hydrogen-bond acceptors (Lipinski definition) is 8. The summed E-state index contributed by atoms with van der Waals surface area (Å²) in [5.74, 6) is 2.07. The lowest BCUT2D eigenvalue weighted by molar-refractivity contribution is 0.0745. The Morgan fingerprint density at radius 2 is 1.56 bits per heavy atom. The molecule has 3 aromatic rings. The van der Waals surface area contributed by atoms with Gasteiger partial charge in [0.25, 0.3) is 5.91 Å². The summed E-state index contributed by atoms with van der Waals surface area (Å²) in [5, 5.41) is 8.66. The summed E-state index contributed by atoms with van der Waals surface area (Å²) >= 11 is 0. The summed E-state index contributed by atoms with van der Waals surface area (Å²) in [6.45, 7) is 2.46. The average Bonchev–Trinajstić information content (AvgIpc) is 2.88. The summed E-state index contributed by atoms with van der Waals surface area (Å²) in [7, 11) is 4.60. The number of pyridine rings is 1. The van der Waals surface area contributed by atoms with Crippen molar-refractivity contribution in [3.8, 4) is 28.6 Å². The van der Waals surface area contributed by atoms with Crippen LogP contribution >= 0.6 is 0 Å². The molecular formula is C23H25N5O4. The van der Waals surface area contributed by atoms with Gasteiger partial charge in [-0.25, -0.2) is 0 Å². The largest absolute Gasteiger partial charge is 0.493 e. The molecule has 166 valence electrons. The van der Waals surface area contributed by atoms with E-state index >= 15 is 0 Å². The zero-order valence-corrected chi connectivity index (χ0v) is 18.3. The molecule has 0 spiro atoms. The van der Waals surface area contributed by atoms with Crippen LogP contribution in [0.2, 0.25) is 0 Å². The highest BCUT2D eigenvalue weighted by Crippen LogP contribution is 2.38. The highest BCUT2D eigenvalue weighted by molar-refractivity contribution is 5.95. The third-order valence-corrected chi connectivity index (χ3v) is 5.38. The third kappa shape index (κ3) is 4.27.